The van der Waals surface area contributed by atoms with Crippen molar-refractivity contribution in [1.82, 2.24) is 0 Å². The smallest absolute Gasteiger partial charge is 0.132 e. The van der Waals surface area contributed by atoms with Crippen LogP contribution in [0.15, 0.2) is 170 Å². The van der Waals surface area contributed by atoms with E-state index in [1.165, 1.54) is 76.4 Å². The first-order valence-corrected chi connectivity index (χ1v) is 19.2. The van der Waals surface area contributed by atoms with Crippen LogP contribution in [-0.4, -0.2) is 6.04 Å². The number of rotatable bonds is 4. The summed E-state index contributed by atoms with van der Waals surface area (Å²) in [5.41, 5.74) is 13.7. The van der Waals surface area contributed by atoms with E-state index < -0.39 is 5.41 Å². The van der Waals surface area contributed by atoms with Crippen molar-refractivity contribution in [2.45, 2.75) is 30.7 Å². The van der Waals surface area contributed by atoms with Crippen LogP contribution in [0.2, 0.25) is 0 Å². The minimum absolute atomic E-state index is 0.138. The van der Waals surface area contributed by atoms with Gasteiger partial charge in [0.25, 0.3) is 0 Å². The zero-order valence-electron chi connectivity index (χ0n) is 28.6. The van der Waals surface area contributed by atoms with E-state index in [9.17, 15) is 0 Å². The Morgan fingerprint density at radius 1 is 0.635 bits per heavy atom. The van der Waals surface area contributed by atoms with Gasteiger partial charge in [-0.15, -0.1) is 11.3 Å². The molecule has 0 bridgehead atoms. The summed E-state index contributed by atoms with van der Waals surface area (Å²) in [5.74, 6) is 1.84. The van der Waals surface area contributed by atoms with Crippen LogP contribution < -0.4 is 9.64 Å². The van der Waals surface area contributed by atoms with Crippen LogP contribution in [0.1, 0.15) is 51.1 Å². The summed E-state index contributed by atoms with van der Waals surface area (Å²) >= 11 is 1.95. The summed E-state index contributed by atoms with van der Waals surface area (Å²) < 4.78 is 8.01. The number of nitrogens with zero attached hydrogens (tertiary/aromatic N) is 1. The summed E-state index contributed by atoms with van der Waals surface area (Å²) in [5, 5.41) is 1.40. The molecule has 1 spiro atoms. The van der Waals surface area contributed by atoms with E-state index in [1.54, 1.807) is 0 Å². The van der Waals surface area contributed by atoms with Crippen molar-refractivity contribution in [3.63, 3.8) is 0 Å². The number of ether oxygens (including phenoxy) is 1. The maximum Gasteiger partial charge on any atom is 0.132 e. The molecule has 3 heteroatoms. The zero-order valence-corrected chi connectivity index (χ0v) is 29.4. The lowest BCUT2D eigenvalue weighted by Gasteiger charge is -2.40. The molecular formula is C49H35NOS. The molecule has 0 saturated carbocycles. The van der Waals surface area contributed by atoms with Gasteiger partial charge in [0.1, 0.15) is 11.5 Å². The molecule has 7 aromatic rings. The molecule has 4 aliphatic rings. The van der Waals surface area contributed by atoms with Crippen molar-refractivity contribution in [2.75, 3.05) is 4.90 Å². The van der Waals surface area contributed by atoms with E-state index in [0.29, 0.717) is 0 Å². The van der Waals surface area contributed by atoms with Crippen LogP contribution in [-0.2, 0) is 11.8 Å². The molecule has 0 saturated heterocycles. The Morgan fingerprint density at radius 2 is 1.33 bits per heavy atom. The molecule has 1 unspecified atom stereocenters. The number of hydrogen-bond donors (Lipinski definition) is 0. The van der Waals surface area contributed by atoms with Gasteiger partial charge in [-0.05, 0) is 82.3 Å². The second-order valence-corrected chi connectivity index (χ2v) is 15.2. The van der Waals surface area contributed by atoms with Gasteiger partial charge in [-0.1, -0.05) is 146 Å². The maximum absolute atomic E-state index is 6.64. The Morgan fingerprint density at radius 3 is 2.12 bits per heavy atom. The summed E-state index contributed by atoms with van der Waals surface area (Å²) in [6.07, 6.45) is 12.7. The fourth-order valence-corrected chi connectivity index (χ4v) is 10.7. The van der Waals surface area contributed by atoms with Crippen molar-refractivity contribution in [3.8, 4) is 22.6 Å². The first-order valence-electron chi connectivity index (χ1n) is 18.3. The van der Waals surface area contributed by atoms with Crippen LogP contribution >= 0.6 is 11.3 Å². The first-order chi connectivity index (χ1) is 25.8. The molecule has 0 amide bonds. The number of para-hydroxylation sites is 2. The monoisotopic (exact) mass is 685 g/mol. The van der Waals surface area contributed by atoms with Gasteiger partial charge in [-0.2, -0.15) is 0 Å². The molecule has 1 aliphatic heterocycles. The van der Waals surface area contributed by atoms with Crippen LogP contribution in [0.4, 0.5) is 5.69 Å². The lowest BCUT2D eigenvalue weighted by molar-refractivity contribution is 0.436. The molecule has 248 valence electrons. The Balaban J connectivity index is 1.17. The minimum atomic E-state index is -0.508. The first kappa shape index (κ1) is 29.8. The largest absolute Gasteiger partial charge is 0.457 e. The normalized spacial score (nSPS) is 17.3. The Kier molecular flexibility index (Phi) is 6.62. The zero-order chi connectivity index (χ0) is 34.2. The van der Waals surface area contributed by atoms with E-state index in [-0.39, 0.29) is 6.04 Å². The van der Waals surface area contributed by atoms with E-state index in [4.69, 9.17) is 4.74 Å². The van der Waals surface area contributed by atoms with E-state index >= 15 is 0 Å². The molecule has 2 nitrogen and oxygen atoms in total. The Labute approximate surface area is 308 Å². The molecule has 11 rings (SSSR count). The van der Waals surface area contributed by atoms with Crippen LogP contribution in [0, 0.1) is 0 Å². The number of hydrogen-bond acceptors (Lipinski definition) is 3. The predicted octanol–water partition coefficient (Wildman–Crippen LogP) is 12.6. The van der Waals surface area contributed by atoms with E-state index in [2.05, 4.69) is 175 Å². The van der Waals surface area contributed by atoms with Crippen LogP contribution in [0.3, 0.4) is 0 Å². The predicted molar refractivity (Wildman–Crippen MR) is 216 cm³/mol. The number of aryl methyl sites for hydroxylation is 1. The second kappa shape index (κ2) is 11.6. The van der Waals surface area contributed by atoms with Gasteiger partial charge in [-0.3, -0.25) is 0 Å². The highest BCUT2D eigenvalue weighted by Crippen LogP contribution is 2.64. The fourth-order valence-electron chi connectivity index (χ4n) is 9.42. The average molecular weight is 686 g/mol. The van der Waals surface area contributed by atoms with Gasteiger partial charge in [0.2, 0.25) is 0 Å². The van der Waals surface area contributed by atoms with Gasteiger partial charge >= 0.3 is 0 Å². The van der Waals surface area contributed by atoms with Gasteiger partial charge in [-0.25, -0.2) is 0 Å². The van der Waals surface area contributed by atoms with Crippen LogP contribution in [0.25, 0.3) is 32.5 Å². The fraction of sp³-hybridized carbons (Fsp3) is 0.102. The SMILES string of the molecule is C1=CC(N(C2=CCCc3c2sc2ccccc32)c2cccc3c2-c2ccccc2C32c3ccccc3Oc3ccccc32)CC=C1c1ccccc1. The molecule has 52 heavy (non-hydrogen) atoms. The molecule has 0 N–H and O–H groups in total. The van der Waals surface area contributed by atoms with E-state index in [1.807, 2.05) is 11.3 Å². The number of benzene rings is 6. The van der Waals surface area contributed by atoms with Gasteiger partial charge in [0.15, 0.2) is 0 Å². The molecule has 0 radical (unpaired) electrons. The van der Waals surface area contributed by atoms with E-state index in [0.717, 1.165) is 30.8 Å². The minimum Gasteiger partial charge on any atom is -0.457 e. The molecule has 0 fully saturated rings. The lowest BCUT2D eigenvalue weighted by Crippen LogP contribution is -2.35. The summed E-state index contributed by atoms with van der Waals surface area (Å²) in [7, 11) is 0. The Bertz CT molecular complexity index is 2610. The third-order valence-electron chi connectivity index (χ3n) is 11.5. The van der Waals surface area contributed by atoms with Crippen molar-refractivity contribution >= 4 is 38.4 Å². The standard InChI is InChI=1S/C49H35NOS/c1-2-14-32(15-3-1)33-28-30-34(31-29-33)50(43-24-12-18-36-35-16-5-11-27-46(35)52-48(36)43)42-23-13-22-41-47(42)37-17-4-6-19-38(37)49(41)39-20-7-9-25-44(39)51-45-26-10-8-21-40(45)49/h1-11,13-17,19-30,34H,12,18,31H2. The Hall–Kier alpha value is -5.90. The second-order valence-electron chi connectivity index (χ2n) is 14.2. The summed E-state index contributed by atoms with van der Waals surface area (Å²) in [6.45, 7) is 0. The van der Waals surface area contributed by atoms with Crippen molar-refractivity contribution < 1.29 is 4.74 Å². The summed E-state index contributed by atoms with van der Waals surface area (Å²) in [6, 6.07) is 53.3. The van der Waals surface area contributed by atoms with Crippen molar-refractivity contribution in [2.24, 2.45) is 0 Å². The number of allylic oxidation sites excluding steroid dienone is 3. The van der Waals surface area contributed by atoms with Crippen molar-refractivity contribution in [3.05, 3.63) is 208 Å². The topological polar surface area (TPSA) is 12.5 Å². The quantitative estimate of drug-likeness (QED) is 0.183. The molecule has 2 heterocycles. The van der Waals surface area contributed by atoms with Crippen molar-refractivity contribution in [1.29, 1.82) is 0 Å². The number of anilines is 1. The molecule has 3 aliphatic carbocycles. The third kappa shape index (κ3) is 4.17. The highest BCUT2D eigenvalue weighted by Gasteiger charge is 2.52. The molecular weight excluding hydrogens is 651 g/mol. The summed E-state index contributed by atoms with van der Waals surface area (Å²) in [4.78, 5) is 4.09. The molecule has 6 aromatic carbocycles. The van der Waals surface area contributed by atoms with Gasteiger partial charge in [0, 0.05) is 27.1 Å². The number of thiophene rings is 1. The van der Waals surface area contributed by atoms with Crippen LogP contribution in [0.5, 0.6) is 11.5 Å². The molecule has 1 aromatic heterocycles. The van der Waals surface area contributed by atoms with Gasteiger partial charge in [0.05, 0.1) is 22.0 Å². The number of fused-ring (bicyclic) bond motifs is 12. The average Bonchev–Trinajstić information content (AvgIpc) is 3.74. The third-order valence-corrected chi connectivity index (χ3v) is 12.8. The maximum atomic E-state index is 6.64. The highest BCUT2D eigenvalue weighted by atomic mass is 32.1. The highest BCUT2D eigenvalue weighted by molar-refractivity contribution is 7.20. The lowest BCUT2D eigenvalue weighted by atomic mass is 9.66. The van der Waals surface area contributed by atoms with Gasteiger partial charge < -0.3 is 9.64 Å². The molecule has 1 atom stereocenters.